The van der Waals surface area contributed by atoms with E-state index in [0.29, 0.717) is 6.42 Å². The van der Waals surface area contributed by atoms with E-state index in [2.05, 4.69) is 10.0 Å². The van der Waals surface area contributed by atoms with Gasteiger partial charge in [0.2, 0.25) is 15.9 Å². The summed E-state index contributed by atoms with van der Waals surface area (Å²) in [6.07, 6.45) is 1.00. The third-order valence-corrected chi connectivity index (χ3v) is 2.48. The van der Waals surface area contributed by atoms with Gasteiger partial charge in [0.15, 0.2) is 0 Å². The lowest BCUT2D eigenvalue weighted by Crippen LogP contribution is -2.42. The topological polar surface area (TPSA) is 139 Å². The van der Waals surface area contributed by atoms with Crippen molar-refractivity contribution >= 4 is 21.9 Å². The van der Waals surface area contributed by atoms with Crippen molar-refractivity contribution in [1.82, 2.24) is 10.0 Å². The average Bonchev–Trinajstić information content (AvgIpc) is 2.13. The first-order chi connectivity index (χ1) is 7.72. The third-order valence-electron chi connectivity index (χ3n) is 1.75. The molecule has 0 aliphatic carbocycles. The van der Waals surface area contributed by atoms with Crippen molar-refractivity contribution < 1.29 is 23.1 Å². The Morgan fingerprint density at radius 2 is 1.94 bits per heavy atom. The molecule has 8 nitrogen and oxygen atoms in total. The van der Waals surface area contributed by atoms with Gasteiger partial charge in [-0.3, -0.25) is 9.59 Å². The number of nitrogens with one attached hydrogen (secondary N) is 2. The second kappa shape index (κ2) is 7.20. The minimum Gasteiger partial charge on any atom is -0.481 e. The average molecular weight is 267 g/mol. The zero-order chi connectivity index (χ0) is 13.5. The van der Waals surface area contributed by atoms with Crippen molar-refractivity contribution in [3.63, 3.8) is 0 Å². The van der Waals surface area contributed by atoms with Gasteiger partial charge in [-0.25, -0.2) is 13.1 Å². The number of aliphatic carboxylic acids is 1. The summed E-state index contributed by atoms with van der Waals surface area (Å²) in [5.74, 6) is -1.71. The third kappa shape index (κ3) is 9.72. The SMILES string of the molecule is CS(=O)(=O)NCCCNC(=O)C(N)CC(=O)O. The van der Waals surface area contributed by atoms with E-state index < -0.39 is 34.4 Å². The van der Waals surface area contributed by atoms with Crippen LogP contribution in [0.15, 0.2) is 0 Å². The van der Waals surface area contributed by atoms with Gasteiger partial charge in [0, 0.05) is 13.1 Å². The van der Waals surface area contributed by atoms with Crippen LogP contribution in [0.25, 0.3) is 0 Å². The molecule has 17 heavy (non-hydrogen) atoms. The number of amides is 1. The van der Waals surface area contributed by atoms with Crippen molar-refractivity contribution in [2.24, 2.45) is 5.73 Å². The minimum absolute atomic E-state index is 0.202. The Morgan fingerprint density at radius 3 is 2.41 bits per heavy atom. The number of carboxylic acid groups (broad SMARTS) is 1. The fraction of sp³-hybridized carbons (Fsp3) is 0.750. The molecule has 0 saturated carbocycles. The van der Waals surface area contributed by atoms with E-state index >= 15 is 0 Å². The zero-order valence-electron chi connectivity index (χ0n) is 9.47. The van der Waals surface area contributed by atoms with E-state index in [1.807, 2.05) is 0 Å². The van der Waals surface area contributed by atoms with Gasteiger partial charge in [0.25, 0.3) is 0 Å². The summed E-state index contributed by atoms with van der Waals surface area (Å²) in [6, 6.07) is -1.09. The Hall–Kier alpha value is -1.19. The Balaban J connectivity index is 3.68. The zero-order valence-corrected chi connectivity index (χ0v) is 10.3. The lowest BCUT2D eigenvalue weighted by atomic mass is 10.2. The summed E-state index contributed by atoms with van der Waals surface area (Å²) in [5.41, 5.74) is 5.30. The van der Waals surface area contributed by atoms with Crippen LogP contribution in [0.4, 0.5) is 0 Å². The molecule has 0 saturated heterocycles. The highest BCUT2D eigenvalue weighted by Gasteiger charge is 2.15. The summed E-state index contributed by atoms with van der Waals surface area (Å²) in [5, 5.41) is 10.8. The molecular weight excluding hydrogens is 250 g/mol. The predicted molar refractivity (Wildman–Crippen MR) is 60.7 cm³/mol. The number of carboxylic acids is 1. The van der Waals surface area contributed by atoms with Crippen LogP contribution in [0.1, 0.15) is 12.8 Å². The quantitative estimate of drug-likeness (QED) is 0.370. The number of carbonyl (C=O) groups excluding carboxylic acids is 1. The first kappa shape index (κ1) is 15.8. The molecule has 0 aliphatic heterocycles. The molecule has 100 valence electrons. The van der Waals surface area contributed by atoms with E-state index in [0.717, 1.165) is 6.26 Å². The van der Waals surface area contributed by atoms with E-state index in [4.69, 9.17) is 10.8 Å². The maximum Gasteiger partial charge on any atom is 0.305 e. The van der Waals surface area contributed by atoms with Crippen LogP contribution in [-0.4, -0.2) is 50.8 Å². The summed E-state index contributed by atoms with van der Waals surface area (Å²) in [6.45, 7) is 0.432. The van der Waals surface area contributed by atoms with E-state index in [1.165, 1.54) is 0 Å². The molecular formula is C8H17N3O5S. The van der Waals surface area contributed by atoms with E-state index in [1.54, 1.807) is 0 Å². The molecule has 0 spiro atoms. The molecule has 0 rings (SSSR count). The van der Waals surface area contributed by atoms with Crippen molar-refractivity contribution in [2.45, 2.75) is 18.9 Å². The molecule has 0 radical (unpaired) electrons. The van der Waals surface area contributed by atoms with Crippen LogP contribution < -0.4 is 15.8 Å². The predicted octanol–water partition coefficient (Wildman–Crippen LogP) is -2.16. The largest absolute Gasteiger partial charge is 0.481 e. The fourth-order valence-corrected chi connectivity index (χ4v) is 1.48. The van der Waals surface area contributed by atoms with Crippen LogP contribution in [0, 0.1) is 0 Å². The van der Waals surface area contributed by atoms with Crippen LogP contribution >= 0.6 is 0 Å². The number of nitrogens with two attached hydrogens (primary N) is 1. The van der Waals surface area contributed by atoms with Crippen molar-refractivity contribution in [1.29, 1.82) is 0 Å². The van der Waals surface area contributed by atoms with Gasteiger partial charge in [-0.2, -0.15) is 0 Å². The van der Waals surface area contributed by atoms with Crippen LogP contribution in [-0.2, 0) is 19.6 Å². The molecule has 0 aromatic heterocycles. The van der Waals surface area contributed by atoms with Gasteiger partial charge in [-0.05, 0) is 6.42 Å². The molecule has 0 heterocycles. The molecule has 5 N–H and O–H groups in total. The molecule has 0 aromatic rings. The molecule has 0 aromatic carbocycles. The molecule has 1 atom stereocenters. The molecule has 0 aliphatic rings. The van der Waals surface area contributed by atoms with Crippen LogP contribution in [0.3, 0.4) is 0 Å². The maximum absolute atomic E-state index is 11.2. The van der Waals surface area contributed by atoms with Gasteiger partial charge in [-0.15, -0.1) is 0 Å². The Bertz CT molecular complexity index is 367. The van der Waals surface area contributed by atoms with Crippen molar-refractivity contribution in [3.8, 4) is 0 Å². The second-order valence-electron chi connectivity index (χ2n) is 3.52. The second-order valence-corrected chi connectivity index (χ2v) is 5.35. The summed E-state index contributed by atoms with van der Waals surface area (Å²) in [4.78, 5) is 21.5. The standard InChI is InChI=1S/C8H17N3O5S/c1-17(15,16)11-4-2-3-10-8(14)6(9)5-7(12)13/h6,11H,2-5,9H2,1H3,(H,10,14)(H,12,13). The Kier molecular flexibility index (Phi) is 6.69. The smallest absolute Gasteiger partial charge is 0.305 e. The van der Waals surface area contributed by atoms with Crippen LogP contribution in [0.5, 0.6) is 0 Å². The first-order valence-corrected chi connectivity index (χ1v) is 6.81. The van der Waals surface area contributed by atoms with E-state index in [-0.39, 0.29) is 13.1 Å². The highest BCUT2D eigenvalue weighted by Crippen LogP contribution is 1.88. The number of hydrogen-bond acceptors (Lipinski definition) is 5. The highest BCUT2D eigenvalue weighted by molar-refractivity contribution is 7.88. The number of sulfonamides is 1. The molecule has 0 fully saturated rings. The van der Waals surface area contributed by atoms with E-state index in [9.17, 15) is 18.0 Å². The first-order valence-electron chi connectivity index (χ1n) is 4.92. The molecule has 9 heteroatoms. The van der Waals surface area contributed by atoms with Crippen LogP contribution in [0.2, 0.25) is 0 Å². The van der Waals surface area contributed by atoms with Gasteiger partial charge in [0.1, 0.15) is 0 Å². The molecule has 1 unspecified atom stereocenters. The molecule has 0 bridgehead atoms. The minimum atomic E-state index is -3.22. The summed E-state index contributed by atoms with van der Waals surface area (Å²) < 4.78 is 23.6. The Labute approximate surface area is 99.6 Å². The summed E-state index contributed by atoms with van der Waals surface area (Å²) in [7, 11) is -3.22. The van der Waals surface area contributed by atoms with Gasteiger partial charge >= 0.3 is 5.97 Å². The summed E-state index contributed by atoms with van der Waals surface area (Å²) >= 11 is 0. The Morgan fingerprint density at radius 1 is 1.35 bits per heavy atom. The lowest BCUT2D eigenvalue weighted by molar-refractivity contribution is -0.139. The highest BCUT2D eigenvalue weighted by atomic mass is 32.2. The van der Waals surface area contributed by atoms with Gasteiger partial charge < -0.3 is 16.2 Å². The number of rotatable bonds is 8. The van der Waals surface area contributed by atoms with Crippen molar-refractivity contribution in [3.05, 3.63) is 0 Å². The fourth-order valence-electron chi connectivity index (χ4n) is 0.969. The number of carbonyl (C=O) groups is 2. The maximum atomic E-state index is 11.2. The number of hydrogen-bond donors (Lipinski definition) is 4. The molecule has 1 amide bonds. The van der Waals surface area contributed by atoms with Gasteiger partial charge in [-0.1, -0.05) is 0 Å². The lowest BCUT2D eigenvalue weighted by Gasteiger charge is -2.09. The van der Waals surface area contributed by atoms with Crippen molar-refractivity contribution in [2.75, 3.05) is 19.3 Å². The van der Waals surface area contributed by atoms with Gasteiger partial charge in [0.05, 0.1) is 18.7 Å². The monoisotopic (exact) mass is 267 g/mol. The normalized spacial score (nSPS) is 13.1.